The summed E-state index contributed by atoms with van der Waals surface area (Å²) in [5.41, 5.74) is 2.08. The summed E-state index contributed by atoms with van der Waals surface area (Å²) in [6.07, 6.45) is 1.98. The van der Waals surface area contributed by atoms with E-state index in [-0.39, 0.29) is 30.6 Å². The zero-order valence-corrected chi connectivity index (χ0v) is 10.8. The van der Waals surface area contributed by atoms with Gasteiger partial charge in [-0.15, -0.1) is 0 Å². The molecule has 0 saturated heterocycles. The van der Waals surface area contributed by atoms with Gasteiger partial charge in [0.15, 0.2) is 6.20 Å². The van der Waals surface area contributed by atoms with Crippen molar-refractivity contribution in [2.24, 2.45) is 7.05 Å². The Bertz CT molecular complexity index is 255. The lowest BCUT2D eigenvalue weighted by Crippen LogP contribution is -3.00. The van der Waals surface area contributed by atoms with Crippen LogP contribution in [-0.2, 0) is 13.7 Å². The van der Waals surface area contributed by atoms with E-state index in [4.69, 9.17) is 5.11 Å². The van der Waals surface area contributed by atoms with Gasteiger partial charge in [-0.1, -0.05) is 0 Å². The molecule has 0 aromatic carbocycles. The Morgan fingerprint density at radius 2 is 2.17 bits per heavy atom. The Morgan fingerprint density at radius 3 is 2.58 bits per heavy atom. The lowest BCUT2D eigenvalue weighted by Gasteiger charge is -1.99. The molecule has 0 aliphatic heterocycles. The summed E-state index contributed by atoms with van der Waals surface area (Å²) >= 11 is 3.38. The average molecular weight is 344 g/mol. The van der Waals surface area contributed by atoms with Gasteiger partial charge < -0.3 is 29.1 Å². The fraction of sp³-hybridized carbons (Fsp3) is 0.375. The highest BCUT2D eigenvalue weighted by Crippen LogP contribution is 2.13. The van der Waals surface area contributed by atoms with Gasteiger partial charge in [0, 0.05) is 5.56 Å². The first kappa shape index (κ1) is 12.3. The van der Waals surface area contributed by atoms with Crippen molar-refractivity contribution in [1.29, 1.82) is 0 Å². The first-order valence-electron chi connectivity index (χ1n) is 3.40. The smallest absolute Gasteiger partial charge is 0.221 e. The second kappa shape index (κ2) is 5.14. The molecule has 0 fully saturated rings. The highest BCUT2D eigenvalue weighted by molar-refractivity contribution is 9.10. The first-order chi connectivity index (χ1) is 5.15. The molecule has 0 saturated carbocycles. The number of hydrogen-bond acceptors (Lipinski definition) is 1. The number of aliphatic hydroxyl groups is 1. The normalized spacial score (nSPS) is 9.33. The van der Waals surface area contributed by atoms with Crippen LogP contribution in [0.5, 0.6) is 0 Å². The minimum atomic E-state index is 0. The molecule has 0 aliphatic carbocycles. The van der Waals surface area contributed by atoms with Crippen molar-refractivity contribution in [3.8, 4) is 0 Å². The highest BCUT2D eigenvalue weighted by atomic mass is 127. The summed E-state index contributed by atoms with van der Waals surface area (Å²) in [5, 5.41) is 8.94. The van der Waals surface area contributed by atoms with E-state index < -0.39 is 0 Å². The third kappa shape index (κ3) is 2.67. The Labute approximate surface area is 97.8 Å². The lowest BCUT2D eigenvalue weighted by molar-refractivity contribution is -0.682. The second-order valence-corrected chi connectivity index (χ2v) is 3.44. The van der Waals surface area contributed by atoms with Crippen molar-refractivity contribution in [1.82, 2.24) is 0 Å². The van der Waals surface area contributed by atoms with E-state index >= 15 is 0 Å². The topological polar surface area (TPSA) is 24.1 Å². The van der Waals surface area contributed by atoms with Gasteiger partial charge in [0.25, 0.3) is 0 Å². The van der Waals surface area contributed by atoms with Crippen molar-refractivity contribution in [2.45, 2.75) is 13.5 Å². The van der Waals surface area contributed by atoms with Crippen molar-refractivity contribution >= 4 is 15.9 Å². The average Bonchev–Trinajstić information content (AvgIpc) is 1.85. The van der Waals surface area contributed by atoms with Gasteiger partial charge in [0.2, 0.25) is 5.69 Å². The van der Waals surface area contributed by atoms with Gasteiger partial charge >= 0.3 is 0 Å². The molecule has 0 unspecified atom stereocenters. The van der Waals surface area contributed by atoms with Crippen LogP contribution in [0, 0.1) is 6.92 Å². The molecular weight excluding hydrogens is 333 g/mol. The largest absolute Gasteiger partial charge is 1.00 e. The molecule has 4 heteroatoms. The Balaban J connectivity index is 0.00000121. The number of aliphatic hydroxyl groups excluding tert-OH is 1. The molecule has 0 spiro atoms. The number of rotatable bonds is 1. The molecule has 0 amide bonds. The van der Waals surface area contributed by atoms with E-state index in [0.29, 0.717) is 0 Å². The lowest BCUT2D eigenvalue weighted by atomic mass is 10.3. The van der Waals surface area contributed by atoms with Crippen LogP contribution >= 0.6 is 15.9 Å². The molecule has 1 rings (SSSR count). The Kier molecular flexibility index (Phi) is 5.27. The van der Waals surface area contributed by atoms with Crippen LogP contribution in [0.15, 0.2) is 16.7 Å². The van der Waals surface area contributed by atoms with Crippen LogP contribution in [-0.4, -0.2) is 5.11 Å². The van der Waals surface area contributed by atoms with Crippen LogP contribution in [0.1, 0.15) is 11.3 Å². The van der Waals surface area contributed by atoms with E-state index in [0.717, 1.165) is 10.2 Å². The number of nitrogens with zero attached hydrogens (tertiary/aromatic N) is 1. The summed E-state index contributed by atoms with van der Waals surface area (Å²) in [6.45, 7) is 2.09. The molecule has 0 bridgehead atoms. The number of halogens is 2. The Morgan fingerprint density at radius 1 is 1.58 bits per heavy atom. The maximum absolute atomic E-state index is 8.94. The standard InChI is InChI=1S/C8H11BrNO.HI/c1-6-3-7(9)8(5-11)10(2)4-6;/h3-4,11H,5H2,1-2H3;1H/q+1;/p-1. The predicted molar refractivity (Wildman–Crippen MR) is 46.0 cm³/mol. The number of aryl methyl sites for hydroxylation is 2. The van der Waals surface area contributed by atoms with Gasteiger partial charge in [-0.25, -0.2) is 4.57 Å². The van der Waals surface area contributed by atoms with Crippen LogP contribution in [0.2, 0.25) is 0 Å². The minimum Gasteiger partial charge on any atom is -1.00 e. The van der Waals surface area contributed by atoms with E-state index in [9.17, 15) is 0 Å². The van der Waals surface area contributed by atoms with Crippen LogP contribution in [0.3, 0.4) is 0 Å². The fourth-order valence-corrected chi connectivity index (χ4v) is 1.83. The quantitative estimate of drug-likeness (QED) is 0.466. The Hall–Kier alpha value is 0.320. The van der Waals surface area contributed by atoms with Crippen LogP contribution in [0.25, 0.3) is 0 Å². The monoisotopic (exact) mass is 343 g/mol. The zero-order valence-electron chi connectivity index (χ0n) is 7.01. The zero-order chi connectivity index (χ0) is 8.43. The van der Waals surface area contributed by atoms with E-state index in [1.807, 2.05) is 30.8 Å². The third-order valence-corrected chi connectivity index (χ3v) is 2.29. The van der Waals surface area contributed by atoms with Gasteiger partial charge in [0.1, 0.15) is 13.7 Å². The molecule has 1 aromatic rings. The van der Waals surface area contributed by atoms with Crippen LogP contribution < -0.4 is 28.5 Å². The number of hydrogen-bond donors (Lipinski definition) is 1. The summed E-state index contributed by atoms with van der Waals surface area (Å²) in [4.78, 5) is 0. The third-order valence-electron chi connectivity index (χ3n) is 1.60. The highest BCUT2D eigenvalue weighted by Gasteiger charge is 2.10. The molecule has 12 heavy (non-hydrogen) atoms. The molecule has 0 atom stereocenters. The summed E-state index contributed by atoms with van der Waals surface area (Å²) in [7, 11) is 1.92. The van der Waals surface area contributed by atoms with E-state index in [2.05, 4.69) is 15.9 Å². The maximum Gasteiger partial charge on any atom is 0.221 e. The SMILES string of the molecule is Cc1cc(Br)c(CO)[n+](C)c1.[I-]. The molecule has 0 aliphatic rings. The van der Waals surface area contributed by atoms with Crippen molar-refractivity contribution in [3.05, 3.63) is 28.0 Å². The summed E-state index contributed by atoms with van der Waals surface area (Å²) in [5.74, 6) is 0. The summed E-state index contributed by atoms with van der Waals surface area (Å²) in [6, 6.07) is 1.99. The second-order valence-electron chi connectivity index (χ2n) is 2.58. The summed E-state index contributed by atoms with van der Waals surface area (Å²) < 4.78 is 2.88. The molecule has 2 nitrogen and oxygen atoms in total. The van der Waals surface area contributed by atoms with Gasteiger partial charge in [-0.05, 0) is 28.9 Å². The molecular formula is C8H11BrINO. The molecule has 0 radical (unpaired) electrons. The van der Waals surface area contributed by atoms with Crippen molar-refractivity contribution < 1.29 is 33.7 Å². The van der Waals surface area contributed by atoms with Gasteiger partial charge in [-0.2, -0.15) is 0 Å². The van der Waals surface area contributed by atoms with Gasteiger partial charge in [-0.3, -0.25) is 0 Å². The van der Waals surface area contributed by atoms with Crippen molar-refractivity contribution in [2.75, 3.05) is 0 Å². The molecule has 68 valence electrons. The maximum atomic E-state index is 8.94. The number of aromatic nitrogens is 1. The number of pyridine rings is 1. The predicted octanol–water partition coefficient (Wildman–Crippen LogP) is -1.92. The first-order valence-corrected chi connectivity index (χ1v) is 4.20. The van der Waals surface area contributed by atoms with Crippen molar-refractivity contribution in [3.63, 3.8) is 0 Å². The fourth-order valence-electron chi connectivity index (χ4n) is 1.06. The molecule has 1 N–H and O–H groups in total. The minimum absolute atomic E-state index is 0. The van der Waals surface area contributed by atoms with E-state index in [1.165, 1.54) is 5.56 Å². The molecule has 1 heterocycles. The van der Waals surface area contributed by atoms with Crippen LogP contribution in [0.4, 0.5) is 0 Å². The molecule has 1 aromatic heterocycles. The van der Waals surface area contributed by atoms with E-state index in [1.54, 1.807) is 0 Å². The van der Waals surface area contributed by atoms with Gasteiger partial charge in [0.05, 0.1) is 4.47 Å².